The van der Waals surface area contributed by atoms with Crippen molar-refractivity contribution in [3.05, 3.63) is 59.9 Å². The van der Waals surface area contributed by atoms with Crippen molar-refractivity contribution in [3.8, 4) is 11.5 Å². The molecular formula is C25H30FN3O5. The minimum Gasteiger partial charge on any atom is -0.497 e. The van der Waals surface area contributed by atoms with Crippen molar-refractivity contribution in [1.82, 2.24) is 14.7 Å². The van der Waals surface area contributed by atoms with Crippen LogP contribution in [-0.4, -0.2) is 98.8 Å². The number of halogens is 1. The first-order valence-electron chi connectivity index (χ1n) is 11.5. The van der Waals surface area contributed by atoms with Crippen LogP contribution in [-0.2, 0) is 9.53 Å². The van der Waals surface area contributed by atoms with Crippen molar-refractivity contribution in [2.24, 2.45) is 0 Å². The number of morpholine rings is 1. The summed E-state index contributed by atoms with van der Waals surface area (Å²) in [4.78, 5) is 32.4. The highest BCUT2D eigenvalue weighted by atomic mass is 19.1. The van der Waals surface area contributed by atoms with E-state index in [0.29, 0.717) is 76.2 Å². The van der Waals surface area contributed by atoms with Gasteiger partial charge < -0.3 is 24.0 Å². The molecule has 9 heteroatoms. The molecule has 2 aromatic carbocycles. The van der Waals surface area contributed by atoms with E-state index in [-0.39, 0.29) is 17.6 Å². The minimum absolute atomic E-state index is 0.0660. The summed E-state index contributed by atoms with van der Waals surface area (Å²) in [5, 5.41) is 0. The van der Waals surface area contributed by atoms with Crippen LogP contribution in [0.3, 0.4) is 0 Å². The molecule has 2 amide bonds. The molecule has 2 heterocycles. The van der Waals surface area contributed by atoms with Crippen LogP contribution in [0.2, 0.25) is 0 Å². The molecule has 2 fully saturated rings. The summed E-state index contributed by atoms with van der Waals surface area (Å²) in [5.74, 6) is 0.623. The number of hydrogen-bond donors (Lipinski definition) is 0. The third-order valence-corrected chi connectivity index (χ3v) is 6.14. The van der Waals surface area contributed by atoms with Gasteiger partial charge in [0.1, 0.15) is 30.0 Å². The summed E-state index contributed by atoms with van der Waals surface area (Å²) in [6.45, 7) is 4.48. The van der Waals surface area contributed by atoms with Gasteiger partial charge in [-0.05, 0) is 42.5 Å². The second-order valence-electron chi connectivity index (χ2n) is 8.29. The van der Waals surface area contributed by atoms with Gasteiger partial charge in [0.05, 0.1) is 20.3 Å². The highest BCUT2D eigenvalue weighted by molar-refractivity contribution is 5.98. The molecule has 0 bridgehead atoms. The standard InChI is InChI=1S/C25H30FN3O5/c1-32-22-4-2-3-19(17-22)24(30)29-10-9-27(11-16-34-21-7-5-20(26)6-8-21)18-23(29)25(31)28-12-14-33-15-13-28/h2-8,17,23H,9-16,18H2,1H3. The fraction of sp³-hybridized carbons (Fsp3) is 0.440. The zero-order chi connectivity index (χ0) is 23.9. The summed E-state index contributed by atoms with van der Waals surface area (Å²) in [6, 6.07) is 12.3. The molecule has 2 aliphatic heterocycles. The Bertz CT molecular complexity index is 981. The van der Waals surface area contributed by atoms with Crippen LogP contribution in [0.5, 0.6) is 11.5 Å². The zero-order valence-corrected chi connectivity index (χ0v) is 19.3. The normalized spacial score (nSPS) is 19.1. The number of piperazine rings is 1. The molecule has 8 nitrogen and oxygen atoms in total. The fourth-order valence-corrected chi connectivity index (χ4v) is 4.24. The topological polar surface area (TPSA) is 71.6 Å². The lowest BCUT2D eigenvalue weighted by atomic mass is 10.1. The molecular weight excluding hydrogens is 441 g/mol. The Balaban J connectivity index is 1.44. The van der Waals surface area contributed by atoms with Gasteiger partial charge in [-0.2, -0.15) is 0 Å². The van der Waals surface area contributed by atoms with Gasteiger partial charge in [0, 0.05) is 44.8 Å². The molecule has 2 aromatic rings. The number of hydrogen-bond acceptors (Lipinski definition) is 6. The minimum atomic E-state index is -0.601. The Morgan fingerprint density at radius 2 is 1.79 bits per heavy atom. The van der Waals surface area contributed by atoms with Crippen molar-refractivity contribution >= 4 is 11.8 Å². The number of nitrogens with zero attached hydrogens (tertiary/aromatic N) is 3. The van der Waals surface area contributed by atoms with E-state index < -0.39 is 6.04 Å². The summed E-state index contributed by atoms with van der Waals surface area (Å²) < 4.78 is 29.5. The van der Waals surface area contributed by atoms with Crippen LogP contribution in [0.15, 0.2) is 48.5 Å². The van der Waals surface area contributed by atoms with E-state index in [0.717, 1.165) is 0 Å². The van der Waals surface area contributed by atoms with Crippen molar-refractivity contribution in [2.75, 3.05) is 66.2 Å². The molecule has 0 aromatic heterocycles. The van der Waals surface area contributed by atoms with E-state index in [2.05, 4.69) is 4.90 Å². The molecule has 0 N–H and O–H groups in total. The first-order chi connectivity index (χ1) is 16.5. The molecule has 182 valence electrons. The number of benzene rings is 2. The van der Waals surface area contributed by atoms with Gasteiger partial charge >= 0.3 is 0 Å². The van der Waals surface area contributed by atoms with Crippen LogP contribution < -0.4 is 9.47 Å². The summed E-state index contributed by atoms with van der Waals surface area (Å²) in [6.07, 6.45) is 0. The van der Waals surface area contributed by atoms with Crippen molar-refractivity contribution in [1.29, 1.82) is 0 Å². The van der Waals surface area contributed by atoms with Gasteiger partial charge in [-0.25, -0.2) is 4.39 Å². The average Bonchev–Trinajstić information content (AvgIpc) is 2.89. The van der Waals surface area contributed by atoms with Gasteiger partial charge in [0.25, 0.3) is 5.91 Å². The quantitative estimate of drug-likeness (QED) is 0.614. The van der Waals surface area contributed by atoms with Gasteiger partial charge in [0.15, 0.2) is 0 Å². The van der Waals surface area contributed by atoms with E-state index in [1.165, 1.54) is 12.1 Å². The molecule has 0 aliphatic carbocycles. The highest BCUT2D eigenvalue weighted by Gasteiger charge is 2.38. The SMILES string of the molecule is COc1cccc(C(=O)N2CCN(CCOc3ccc(F)cc3)CC2C(=O)N2CCOCC2)c1. The van der Waals surface area contributed by atoms with Crippen LogP contribution in [0.25, 0.3) is 0 Å². The first-order valence-corrected chi connectivity index (χ1v) is 11.5. The summed E-state index contributed by atoms with van der Waals surface area (Å²) >= 11 is 0. The number of methoxy groups -OCH3 is 1. The first kappa shape index (κ1) is 24.0. The summed E-state index contributed by atoms with van der Waals surface area (Å²) in [5.41, 5.74) is 0.493. The van der Waals surface area contributed by atoms with Gasteiger partial charge in [-0.15, -0.1) is 0 Å². The highest BCUT2D eigenvalue weighted by Crippen LogP contribution is 2.20. The van der Waals surface area contributed by atoms with E-state index >= 15 is 0 Å². The van der Waals surface area contributed by atoms with Crippen LogP contribution >= 0.6 is 0 Å². The maximum atomic E-state index is 13.5. The second-order valence-corrected chi connectivity index (χ2v) is 8.29. The zero-order valence-electron chi connectivity index (χ0n) is 19.3. The van der Waals surface area contributed by atoms with Gasteiger partial charge in [0.2, 0.25) is 5.91 Å². The predicted molar refractivity (Wildman–Crippen MR) is 124 cm³/mol. The van der Waals surface area contributed by atoms with Gasteiger partial charge in [-0.3, -0.25) is 14.5 Å². The Hall–Kier alpha value is -3.17. The number of carbonyl (C=O) groups excluding carboxylic acids is 2. The van der Waals surface area contributed by atoms with E-state index in [4.69, 9.17) is 14.2 Å². The Morgan fingerprint density at radius 3 is 2.53 bits per heavy atom. The lowest BCUT2D eigenvalue weighted by molar-refractivity contribution is -0.142. The van der Waals surface area contributed by atoms with Crippen molar-refractivity contribution in [3.63, 3.8) is 0 Å². The molecule has 34 heavy (non-hydrogen) atoms. The molecule has 0 saturated carbocycles. The lowest BCUT2D eigenvalue weighted by Gasteiger charge is -2.42. The fourth-order valence-electron chi connectivity index (χ4n) is 4.24. The Morgan fingerprint density at radius 1 is 1.03 bits per heavy atom. The molecule has 2 saturated heterocycles. The van der Waals surface area contributed by atoms with Gasteiger partial charge in [-0.1, -0.05) is 6.07 Å². The molecule has 0 radical (unpaired) electrons. The largest absolute Gasteiger partial charge is 0.497 e. The maximum absolute atomic E-state index is 13.5. The molecule has 4 rings (SSSR count). The number of ether oxygens (including phenoxy) is 3. The van der Waals surface area contributed by atoms with Crippen LogP contribution in [0, 0.1) is 5.82 Å². The average molecular weight is 472 g/mol. The van der Waals surface area contributed by atoms with E-state index in [1.54, 1.807) is 53.3 Å². The monoisotopic (exact) mass is 471 g/mol. The van der Waals surface area contributed by atoms with Crippen molar-refractivity contribution in [2.45, 2.75) is 6.04 Å². The molecule has 2 aliphatic rings. The molecule has 0 spiro atoms. The van der Waals surface area contributed by atoms with Crippen LogP contribution in [0.1, 0.15) is 10.4 Å². The number of carbonyl (C=O) groups is 2. The van der Waals surface area contributed by atoms with Crippen molar-refractivity contribution < 1.29 is 28.2 Å². The maximum Gasteiger partial charge on any atom is 0.254 e. The third-order valence-electron chi connectivity index (χ3n) is 6.14. The molecule has 1 unspecified atom stereocenters. The number of rotatable bonds is 7. The predicted octanol–water partition coefficient (Wildman–Crippen LogP) is 1.90. The summed E-state index contributed by atoms with van der Waals surface area (Å²) in [7, 11) is 1.56. The Kier molecular flexibility index (Phi) is 7.97. The Labute approximate surface area is 198 Å². The lowest BCUT2D eigenvalue weighted by Crippen LogP contribution is -2.62. The number of amides is 2. The van der Waals surface area contributed by atoms with Crippen LogP contribution in [0.4, 0.5) is 4.39 Å². The van der Waals surface area contributed by atoms with E-state index in [1.807, 2.05) is 0 Å². The smallest absolute Gasteiger partial charge is 0.254 e. The third kappa shape index (κ3) is 5.84. The van der Waals surface area contributed by atoms with E-state index in [9.17, 15) is 14.0 Å². The second kappa shape index (κ2) is 11.3. The molecule has 1 atom stereocenters.